The molecule has 0 amide bonds. The molecule has 78 valence electrons. The van der Waals surface area contributed by atoms with Crippen LogP contribution in [0.3, 0.4) is 0 Å². The van der Waals surface area contributed by atoms with E-state index in [-0.39, 0.29) is 0 Å². The number of hydrogen-bond acceptors (Lipinski definition) is 3. The van der Waals surface area contributed by atoms with E-state index in [1.165, 1.54) is 10.6 Å². The van der Waals surface area contributed by atoms with Gasteiger partial charge in [-0.05, 0) is 52.0 Å². The van der Waals surface area contributed by atoms with Crippen LogP contribution >= 0.6 is 27.3 Å². The molecule has 0 N–H and O–H groups in total. The SMILES string of the molecule is Cc1cc(N(C)c2cccs2)ncc1Br. The molecule has 2 nitrogen and oxygen atoms in total. The zero-order valence-electron chi connectivity index (χ0n) is 8.57. The first-order valence-electron chi connectivity index (χ1n) is 4.58. The molecule has 2 aromatic heterocycles. The average molecular weight is 283 g/mol. The van der Waals surface area contributed by atoms with Crippen molar-refractivity contribution in [3.05, 3.63) is 39.8 Å². The second-order valence-corrected chi connectivity index (χ2v) is 5.08. The van der Waals surface area contributed by atoms with Crippen molar-refractivity contribution in [1.29, 1.82) is 0 Å². The molecule has 0 atom stereocenters. The molecule has 0 saturated carbocycles. The Balaban J connectivity index is 2.34. The van der Waals surface area contributed by atoms with Gasteiger partial charge < -0.3 is 4.90 Å². The van der Waals surface area contributed by atoms with Gasteiger partial charge in [0.15, 0.2) is 0 Å². The minimum atomic E-state index is 0.971. The number of aromatic nitrogens is 1. The first kappa shape index (κ1) is 10.6. The molecule has 2 rings (SSSR count). The van der Waals surface area contributed by atoms with Gasteiger partial charge in [0.1, 0.15) is 5.82 Å². The summed E-state index contributed by atoms with van der Waals surface area (Å²) in [5, 5.41) is 3.27. The molecule has 0 fully saturated rings. The van der Waals surface area contributed by atoms with E-state index < -0.39 is 0 Å². The molecule has 0 bridgehead atoms. The highest BCUT2D eigenvalue weighted by atomic mass is 79.9. The summed E-state index contributed by atoms with van der Waals surface area (Å²) in [5.74, 6) is 0.971. The van der Waals surface area contributed by atoms with E-state index in [1.807, 2.05) is 19.3 Å². The van der Waals surface area contributed by atoms with Gasteiger partial charge in [-0.1, -0.05) is 0 Å². The summed E-state index contributed by atoms with van der Waals surface area (Å²) >= 11 is 5.16. The molecule has 0 aromatic carbocycles. The van der Waals surface area contributed by atoms with E-state index in [9.17, 15) is 0 Å². The summed E-state index contributed by atoms with van der Waals surface area (Å²) in [6, 6.07) is 6.20. The Bertz CT molecular complexity index is 454. The Kier molecular flexibility index (Phi) is 3.07. The first-order chi connectivity index (χ1) is 7.18. The normalized spacial score (nSPS) is 10.3. The maximum atomic E-state index is 4.38. The molecule has 0 aliphatic rings. The highest BCUT2D eigenvalue weighted by molar-refractivity contribution is 9.10. The smallest absolute Gasteiger partial charge is 0.133 e. The van der Waals surface area contributed by atoms with Crippen LogP contribution in [0.2, 0.25) is 0 Å². The fourth-order valence-electron chi connectivity index (χ4n) is 1.28. The monoisotopic (exact) mass is 282 g/mol. The quantitative estimate of drug-likeness (QED) is 0.828. The molecule has 15 heavy (non-hydrogen) atoms. The number of rotatable bonds is 2. The first-order valence-corrected chi connectivity index (χ1v) is 6.25. The molecular formula is C11H11BrN2S. The average Bonchev–Trinajstić information content (AvgIpc) is 2.74. The minimum absolute atomic E-state index is 0.971. The van der Waals surface area contributed by atoms with Crippen molar-refractivity contribution in [2.24, 2.45) is 0 Å². The fourth-order valence-corrected chi connectivity index (χ4v) is 2.20. The Hall–Kier alpha value is -0.870. The van der Waals surface area contributed by atoms with Crippen molar-refractivity contribution in [2.45, 2.75) is 6.92 Å². The van der Waals surface area contributed by atoms with Crippen LogP contribution in [0, 0.1) is 6.92 Å². The highest BCUT2D eigenvalue weighted by Crippen LogP contribution is 2.28. The van der Waals surface area contributed by atoms with Gasteiger partial charge in [-0.3, -0.25) is 0 Å². The van der Waals surface area contributed by atoms with Gasteiger partial charge in [-0.25, -0.2) is 4.98 Å². The lowest BCUT2D eigenvalue weighted by atomic mass is 10.3. The van der Waals surface area contributed by atoms with E-state index in [2.05, 4.69) is 50.3 Å². The zero-order valence-corrected chi connectivity index (χ0v) is 11.0. The lowest BCUT2D eigenvalue weighted by molar-refractivity contribution is 1.13. The topological polar surface area (TPSA) is 16.1 Å². The maximum Gasteiger partial charge on any atom is 0.133 e. The van der Waals surface area contributed by atoms with E-state index in [0.29, 0.717) is 0 Å². The number of halogens is 1. The molecule has 0 saturated heterocycles. The van der Waals surface area contributed by atoms with Gasteiger partial charge in [-0.2, -0.15) is 0 Å². The summed E-state index contributed by atoms with van der Waals surface area (Å²) in [6.07, 6.45) is 1.84. The van der Waals surface area contributed by atoms with Gasteiger partial charge >= 0.3 is 0 Å². The van der Waals surface area contributed by atoms with E-state index in [4.69, 9.17) is 0 Å². The number of anilines is 2. The molecule has 4 heteroatoms. The zero-order chi connectivity index (χ0) is 10.8. The predicted molar refractivity (Wildman–Crippen MR) is 69.1 cm³/mol. The Morgan fingerprint density at radius 3 is 2.87 bits per heavy atom. The van der Waals surface area contributed by atoms with Gasteiger partial charge in [-0.15, -0.1) is 11.3 Å². The number of nitrogens with zero attached hydrogens (tertiary/aromatic N) is 2. The Labute approximate surface area is 102 Å². The molecule has 0 aliphatic heterocycles. The fraction of sp³-hybridized carbons (Fsp3) is 0.182. The second kappa shape index (κ2) is 4.33. The van der Waals surface area contributed by atoms with Crippen LogP contribution in [0.15, 0.2) is 34.2 Å². The summed E-state index contributed by atoms with van der Waals surface area (Å²) < 4.78 is 1.05. The summed E-state index contributed by atoms with van der Waals surface area (Å²) in [6.45, 7) is 2.07. The van der Waals surface area contributed by atoms with E-state index in [1.54, 1.807) is 11.3 Å². The second-order valence-electron chi connectivity index (χ2n) is 3.30. The summed E-state index contributed by atoms with van der Waals surface area (Å²) in [5.41, 5.74) is 1.20. The van der Waals surface area contributed by atoms with Crippen molar-refractivity contribution in [3.8, 4) is 0 Å². The summed E-state index contributed by atoms with van der Waals surface area (Å²) in [4.78, 5) is 6.47. The van der Waals surface area contributed by atoms with Crippen LogP contribution in [-0.2, 0) is 0 Å². The molecule has 0 radical (unpaired) electrons. The van der Waals surface area contributed by atoms with Crippen LogP contribution in [-0.4, -0.2) is 12.0 Å². The largest absolute Gasteiger partial charge is 0.321 e. The third kappa shape index (κ3) is 2.21. The number of hydrogen-bond donors (Lipinski definition) is 0. The maximum absolute atomic E-state index is 4.38. The van der Waals surface area contributed by atoms with Crippen LogP contribution in [0.1, 0.15) is 5.56 Å². The minimum Gasteiger partial charge on any atom is -0.321 e. The van der Waals surface area contributed by atoms with E-state index >= 15 is 0 Å². The van der Waals surface area contributed by atoms with Gasteiger partial charge in [0.25, 0.3) is 0 Å². The lowest BCUT2D eigenvalue weighted by Crippen LogP contribution is -2.09. The van der Waals surface area contributed by atoms with Crippen molar-refractivity contribution in [3.63, 3.8) is 0 Å². The molecule has 0 spiro atoms. The third-order valence-corrected chi connectivity index (χ3v) is 3.99. The van der Waals surface area contributed by atoms with Crippen LogP contribution in [0.4, 0.5) is 10.8 Å². The predicted octanol–water partition coefficient (Wildman–Crippen LogP) is 3.98. The molecule has 2 aromatic rings. The lowest BCUT2D eigenvalue weighted by Gasteiger charge is -2.16. The van der Waals surface area contributed by atoms with Crippen molar-refractivity contribution >= 4 is 38.1 Å². The van der Waals surface area contributed by atoms with Crippen molar-refractivity contribution in [2.75, 3.05) is 11.9 Å². The van der Waals surface area contributed by atoms with Crippen LogP contribution in [0.5, 0.6) is 0 Å². The molecule has 0 aliphatic carbocycles. The number of aryl methyl sites for hydroxylation is 1. The van der Waals surface area contributed by atoms with Crippen molar-refractivity contribution in [1.82, 2.24) is 4.98 Å². The van der Waals surface area contributed by atoms with Crippen molar-refractivity contribution < 1.29 is 0 Å². The highest BCUT2D eigenvalue weighted by Gasteiger charge is 2.07. The molecular weight excluding hydrogens is 272 g/mol. The van der Waals surface area contributed by atoms with E-state index in [0.717, 1.165) is 10.3 Å². The summed E-state index contributed by atoms with van der Waals surface area (Å²) in [7, 11) is 2.03. The molecule has 0 unspecified atom stereocenters. The molecule has 2 heterocycles. The van der Waals surface area contributed by atoms with Gasteiger partial charge in [0, 0.05) is 17.7 Å². The third-order valence-electron chi connectivity index (χ3n) is 2.21. The van der Waals surface area contributed by atoms with Crippen LogP contribution in [0.25, 0.3) is 0 Å². The Morgan fingerprint density at radius 1 is 1.47 bits per heavy atom. The Morgan fingerprint density at radius 2 is 2.27 bits per heavy atom. The number of thiophene rings is 1. The van der Waals surface area contributed by atoms with Crippen LogP contribution < -0.4 is 4.90 Å². The standard InChI is InChI=1S/C11H11BrN2S/c1-8-6-10(13-7-9(8)12)14(2)11-4-3-5-15-11/h3-7H,1-2H3. The van der Waals surface area contributed by atoms with Gasteiger partial charge in [0.2, 0.25) is 0 Å². The van der Waals surface area contributed by atoms with Gasteiger partial charge in [0.05, 0.1) is 5.00 Å². The number of pyridine rings is 1.